The first kappa shape index (κ1) is 6.96. The zero-order valence-electron chi connectivity index (χ0n) is 3.92. The van der Waals surface area contributed by atoms with Gasteiger partial charge in [-0.05, 0) is 0 Å². The minimum Gasteiger partial charge on any atom is -0.286 e. The van der Waals surface area contributed by atoms with Crippen molar-refractivity contribution in [2.45, 2.75) is 5.92 Å². The van der Waals surface area contributed by atoms with Crippen molar-refractivity contribution in [1.29, 1.82) is 0 Å². The molecular weight excluding hydrogens is 173 g/mol. The monoisotopic (exact) mass is 172 g/mol. The fourth-order valence-corrected chi connectivity index (χ4v) is 0.822. The maximum atomic E-state index is 12.0. The van der Waals surface area contributed by atoms with E-state index in [1.807, 2.05) is 0 Å². The van der Waals surface area contributed by atoms with Crippen LogP contribution in [0.25, 0.3) is 0 Å². The highest BCUT2D eigenvalue weighted by molar-refractivity contribution is 6.55. The van der Waals surface area contributed by atoms with Crippen LogP contribution in [0, 0.1) is 0 Å². The van der Waals surface area contributed by atoms with Gasteiger partial charge in [0.05, 0.1) is 0 Å². The lowest BCUT2D eigenvalue weighted by molar-refractivity contribution is -0.136. The van der Waals surface area contributed by atoms with Crippen LogP contribution >= 0.6 is 23.2 Å². The Balaban J connectivity index is 3.06. The summed E-state index contributed by atoms with van der Waals surface area (Å²) in [7, 11) is 0. The summed E-state index contributed by atoms with van der Waals surface area (Å²) in [5.74, 6) is -4.91. The first-order valence-electron chi connectivity index (χ1n) is 1.96. The lowest BCUT2D eigenvalue weighted by Gasteiger charge is -2.22. The molecular formula is C4Cl2F2O. The highest BCUT2D eigenvalue weighted by Crippen LogP contribution is 2.43. The second-order valence-corrected chi connectivity index (χ2v) is 2.29. The van der Waals surface area contributed by atoms with Gasteiger partial charge in [0, 0.05) is 0 Å². The number of hydrogen-bond donors (Lipinski definition) is 0. The van der Waals surface area contributed by atoms with E-state index in [-0.39, 0.29) is 0 Å². The summed E-state index contributed by atoms with van der Waals surface area (Å²) in [5.41, 5.74) is 0. The van der Waals surface area contributed by atoms with E-state index in [2.05, 4.69) is 0 Å². The molecule has 0 heterocycles. The molecule has 1 rings (SSSR count). The maximum Gasteiger partial charge on any atom is 0.347 e. The SMILES string of the molecule is O=C1C(Cl)=C(Cl)C1(F)F. The van der Waals surface area contributed by atoms with Crippen molar-refractivity contribution in [2.75, 3.05) is 0 Å². The van der Waals surface area contributed by atoms with Gasteiger partial charge in [-0.2, -0.15) is 8.78 Å². The molecule has 0 spiro atoms. The number of rotatable bonds is 0. The summed E-state index contributed by atoms with van der Waals surface area (Å²) in [5, 5.41) is -1.41. The quantitative estimate of drug-likeness (QED) is 0.546. The molecule has 0 fully saturated rings. The second kappa shape index (κ2) is 1.67. The number of carbonyl (C=O) groups excluding carboxylic acids is 1. The van der Waals surface area contributed by atoms with Gasteiger partial charge < -0.3 is 0 Å². The Kier molecular flexibility index (Phi) is 1.29. The minimum absolute atomic E-state index is 0.554. The molecule has 0 atom stereocenters. The number of halogens is 4. The van der Waals surface area contributed by atoms with Crippen LogP contribution in [0.5, 0.6) is 0 Å². The molecule has 50 valence electrons. The van der Waals surface area contributed by atoms with Crippen molar-refractivity contribution in [1.82, 2.24) is 0 Å². The molecule has 0 radical (unpaired) electrons. The average molecular weight is 173 g/mol. The predicted molar refractivity (Wildman–Crippen MR) is 28.7 cm³/mol. The van der Waals surface area contributed by atoms with E-state index in [1.54, 1.807) is 0 Å². The van der Waals surface area contributed by atoms with Crippen molar-refractivity contribution >= 4 is 29.0 Å². The molecule has 0 aromatic rings. The van der Waals surface area contributed by atoms with Gasteiger partial charge in [-0.15, -0.1) is 0 Å². The lowest BCUT2D eigenvalue weighted by Crippen LogP contribution is -2.39. The molecule has 0 saturated carbocycles. The Labute approximate surface area is 59.2 Å². The summed E-state index contributed by atoms with van der Waals surface area (Å²) in [6.45, 7) is 0. The summed E-state index contributed by atoms with van der Waals surface area (Å²) in [6, 6.07) is 0. The molecule has 0 unspecified atom stereocenters. The van der Waals surface area contributed by atoms with Gasteiger partial charge in [0.1, 0.15) is 10.1 Å². The van der Waals surface area contributed by atoms with Crippen molar-refractivity contribution in [3.8, 4) is 0 Å². The van der Waals surface area contributed by atoms with E-state index < -0.39 is 21.8 Å². The number of allylic oxidation sites excluding steroid dienone is 2. The zero-order chi connectivity index (χ0) is 7.23. The standard InChI is InChI=1S/C4Cl2F2O/c5-1-2(6)4(7,8)3(1)9. The van der Waals surface area contributed by atoms with Crippen molar-refractivity contribution in [2.24, 2.45) is 0 Å². The number of hydrogen-bond acceptors (Lipinski definition) is 1. The van der Waals surface area contributed by atoms with Crippen LogP contribution in [-0.4, -0.2) is 11.7 Å². The van der Waals surface area contributed by atoms with Crippen LogP contribution in [0.3, 0.4) is 0 Å². The smallest absolute Gasteiger partial charge is 0.286 e. The summed E-state index contributed by atoms with van der Waals surface area (Å²) in [6.07, 6.45) is 0. The number of carbonyl (C=O) groups is 1. The van der Waals surface area contributed by atoms with Gasteiger partial charge in [0.25, 0.3) is 0 Å². The van der Waals surface area contributed by atoms with E-state index in [0.717, 1.165) is 0 Å². The molecule has 0 aliphatic heterocycles. The van der Waals surface area contributed by atoms with Crippen LogP contribution in [0.1, 0.15) is 0 Å². The molecule has 5 heteroatoms. The molecule has 0 N–H and O–H groups in total. The van der Waals surface area contributed by atoms with E-state index in [4.69, 9.17) is 23.2 Å². The Morgan fingerprint density at radius 2 is 1.78 bits per heavy atom. The largest absolute Gasteiger partial charge is 0.347 e. The Bertz CT molecular complexity index is 209. The molecule has 9 heavy (non-hydrogen) atoms. The van der Waals surface area contributed by atoms with Crippen molar-refractivity contribution in [3.05, 3.63) is 10.1 Å². The van der Waals surface area contributed by atoms with Crippen LogP contribution in [0.2, 0.25) is 0 Å². The molecule has 0 aromatic heterocycles. The van der Waals surface area contributed by atoms with Gasteiger partial charge >= 0.3 is 5.92 Å². The number of Topliss-reactive ketones (excluding diaryl/α,β-unsaturated/α-hetero) is 1. The van der Waals surface area contributed by atoms with E-state index in [9.17, 15) is 13.6 Å². The summed E-state index contributed by atoms with van der Waals surface area (Å²) < 4.78 is 23.9. The van der Waals surface area contributed by atoms with Gasteiger partial charge in [-0.1, -0.05) is 23.2 Å². The fraction of sp³-hybridized carbons (Fsp3) is 0.250. The van der Waals surface area contributed by atoms with Crippen LogP contribution in [0.15, 0.2) is 10.1 Å². The second-order valence-electron chi connectivity index (χ2n) is 1.53. The van der Waals surface area contributed by atoms with Crippen molar-refractivity contribution in [3.63, 3.8) is 0 Å². The van der Waals surface area contributed by atoms with Gasteiger partial charge in [-0.3, -0.25) is 4.79 Å². The minimum atomic E-state index is -3.52. The predicted octanol–water partition coefficient (Wildman–Crippen LogP) is 1.89. The van der Waals surface area contributed by atoms with Crippen LogP contribution < -0.4 is 0 Å². The molecule has 1 aliphatic rings. The topological polar surface area (TPSA) is 17.1 Å². The van der Waals surface area contributed by atoms with E-state index in [0.29, 0.717) is 0 Å². The van der Waals surface area contributed by atoms with Crippen LogP contribution in [0.4, 0.5) is 8.78 Å². The highest BCUT2D eigenvalue weighted by Gasteiger charge is 2.55. The first-order valence-corrected chi connectivity index (χ1v) is 2.72. The van der Waals surface area contributed by atoms with Crippen molar-refractivity contribution < 1.29 is 13.6 Å². The molecule has 1 nitrogen and oxygen atoms in total. The molecule has 0 amide bonds. The summed E-state index contributed by atoms with van der Waals surface area (Å²) in [4.78, 5) is 10.1. The Morgan fingerprint density at radius 3 is 1.89 bits per heavy atom. The lowest BCUT2D eigenvalue weighted by atomic mass is 10.0. The fourth-order valence-electron chi connectivity index (χ4n) is 0.413. The molecule has 1 aliphatic carbocycles. The van der Waals surface area contributed by atoms with Crippen LogP contribution in [-0.2, 0) is 4.79 Å². The van der Waals surface area contributed by atoms with Gasteiger partial charge in [0.2, 0.25) is 5.78 Å². The van der Waals surface area contributed by atoms with E-state index in [1.165, 1.54) is 0 Å². The normalized spacial score (nSPS) is 24.2. The number of ketones is 1. The maximum absolute atomic E-state index is 12.0. The molecule has 0 aromatic carbocycles. The summed E-state index contributed by atoms with van der Waals surface area (Å²) >= 11 is 9.82. The van der Waals surface area contributed by atoms with E-state index >= 15 is 0 Å². The third-order valence-corrected chi connectivity index (χ3v) is 1.84. The first-order chi connectivity index (χ1) is 3.98. The number of alkyl halides is 2. The average Bonchev–Trinajstić information content (AvgIpc) is 1.84. The zero-order valence-corrected chi connectivity index (χ0v) is 5.43. The molecule has 0 bridgehead atoms. The Hall–Kier alpha value is -0.150. The van der Waals surface area contributed by atoms with Gasteiger partial charge in [-0.25, -0.2) is 0 Å². The Morgan fingerprint density at radius 1 is 1.33 bits per heavy atom. The third-order valence-electron chi connectivity index (χ3n) is 0.953. The third kappa shape index (κ3) is 0.682. The highest BCUT2D eigenvalue weighted by atomic mass is 35.5. The molecule has 0 saturated heterocycles. The van der Waals surface area contributed by atoms with Gasteiger partial charge in [0.15, 0.2) is 0 Å².